The monoisotopic (exact) mass is 395 g/mol. The van der Waals surface area contributed by atoms with Gasteiger partial charge in [0.25, 0.3) is 0 Å². The zero-order chi connectivity index (χ0) is 13.7. The minimum Gasteiger partial charge on any atom is -0.376 e. The van der Waals surface area contributed by atoms with Crippen LogP contribution >= 0.6 is 24.0 Å². The quantitative estimate of drug-likeness (QED) is 0.428. The Labute approximate surface area is 140 Å². The molecule has 3 N–H and O–H groups in total. The summed E-state index contributed by atoms with van der Waals surface area (Å²) < 4.78 is 5.75. The fourth-order valence-corrected chi connectivity index (χ4v) is 2.95. The SMILES string of the molecule is COC1(CN=C(N)NCC2CCC2)CCC(C)CC1.I. The third-order valence-electron chi connectivity index (χ3n) is 4.95. The molecule has 0 aromatic rings. The lowest BCUT2D eigenvalue weighted by Crippen LogP contribution is -2.42. The Morgan fingerprint density at radius 2 is 1.95 bits per heavy atom. The standard InChI is InChI=1S/C15H29N3O.HI/c1-12-6-8-15(19-2,9-7-12)11-18-14(16)17-10-13-4-3-5-13;/h12-13H,3-11H2,1-2H3,(H3,16,17,18);1H. The van der Waals surface area contributed by atoms with Gasteiger partial charge in [-0.05, 0) is 50.4 Å². The largest absolute Gasteiger partial charge is 0.376 e. The number of nitrogens with two attached hydrogens (primary N) is 1. The van der Waals surface area contributed by atoms with Crippen molar-refractivity contribution in [2.45, 2.75) is 57.5 Å². The Morgan fingerprint density at radius 3 is 2.45 bits per heavy atom. The number of nitrogens with one attached hydrogen (secondary N) is 1. The number of methoxy groups -OCH3 is 1. The Morgan fingerprint density at radius 1 is 1.30 bits per heavy atom. The molecule has 2 saturated carbocycles. The number of hydrogen-bond acceptors (Lipinski definition) is 2. The van der Waals surface area contributed by atoms with E-state index in [9.17, 15) is 0 Å². The van der Waals surface area contributed by atoms with Crippen molar-refractivity contribution in [2.24, 2.45) is 22.6 Å². The maximum atomic E-state index is 5.94. The molecule has 20 heavy (non-hydrogen) atoms. The smallest absolute Gasteiger partial charge is 0.188 e. The summed E-state index contributed by atoms with van der Waals surface area (Å²) in [5, 5.41) is 3.25. The van der Waals surface area contributed by atoms with Crippen LogP contribution in [0.1, 0.15) is 51.9 Å². The highest BCUT2D eigenvalue weighted by Crippen LogP contribution is 2.34. The number of hydrogen-bond donors (Lipinski definition) is 2. The van der Waals surface area contributed by atoms with E-state index in [-0.39, 0.29) is 29.6 Å². The summed E-state index contributed by atoms with van der Waals surface area (Å²) in [6.07, 6.45) is 8.71. The third kappa shape index (κ3) is 5.06. The summed E-state index contributed by atoms with van der Waals surface area (Å²) in [5.74, 6) is 2.21. The Balaban J connectivity index is 0.00000200. The maximum Gasteiger partial charge on any atom is 0.188 e. The van der Waals surface area contributed by atoms with E-state index in [0.29, 0.717) is 12.5 Å². The average molecular weight is 395 g/mol. The highest BCUT2D eigenvalue weighted by Gasteiger charge is 2.34. The molecular formula is C15H30IN3O. The van der Waals surface area contributed by atoms with Crippen LogP contribution in [0, 0.1) is 11.8 Å². The van der Waals surface area contributed by atoms with Crippen LogP contribution in [0.5, 0.6) is 0 Å². The molecule has 0 bridgehead atoms. The third-order valence-corrected chi connectivity index (χ3v) is 4.95. The van der Waals surface area contributed by atoms with Gasteiger partial charge in [0.05, 0.1) is 12.1 Å². The van der Waals surface area contributed by atoms with Crippen molar-refractivity contribution < 1.29 is 4.74 Å². The zero-order valence-electron chi connectivity index (χ0n) is 12.9. The molecule has 5 heteroatoms. The first-order chi connectivity index (χ1) is 9.13. The Hall–Kier alpha value is -0.0400. The predicted molar refractivity (Wildman–Crippen MR) is 94.6 cm³/mol. The molecule has 0 amide bonds. The molecule has 2 aliphatic carbocycles. The fraction of sp³-hybridized carbons (Fsp3) is 0.933. The minimum absolute atomic E-state index is 0. The van der Waals surface area contributed by atoms with Gasteiger partial charge in [-0.1, -0.05) is 13.3 Å². The van der Waals surface area contributed by atoms with Gasteiger partial charge in [-0.25, -0.2) is 0 Å². The van der Waals surface area contributed by atoms with Gasteiger partial charge < -0.3 is 15.8 Å². The number of guanidine groups is 1. The van der Waals surface area contributed by atoms with E-state index in [1.807, 2.05) is 7.11 Å². The molecule has 0 radical (unpaired) electrons. The van der Waals surface area contributed by atoms with E-state index in [0.717, 1.165) is 31.2 Å². The van der Waals surface area contributed by atoms with Crippen LogP contribution in [0.15, 0.2) is 4.99 Å². The van der Waals surface area contributed by atoms with Gasteiger partial charge in [0.1, 0.15) is 0 Å². The highest BCUT2D eigenvalue weighted by atomic mass is 127. The molecule has 0 aromatic carbocycles. The fourth-order valence-electron chi connectivity index (χ4n) is 2.95. The van der Waals surface area contributed by atoms with Crippen molar-refractivity contribution in [3.63, 3.8) is 0 Å². The van der Waals surface area contributed by atoms with E-state index in [1.165, 1.54) is 32.1 Å². The van der Waals surface area contributed by atoms with Gasteiger partial charge in [-0.2, -0.15) is 0 Å². The summed E-state index contributed by atoms with van der Waals surface area (Å²) in [6.45, 7) is 3.99. The van der Waals surface area contributed by atoms with Crippen LogP contribution in [0.2, 0.25) is 0 Å². The first-order valence-corrected chi connectivity index (χ1v) is 7.72. The first kappa shape index (κ1) is 18.0. The normalized spacial score (nSPS) is 31.3. The molecular weight excluding hydrogens is 365 g/mol. The van der Waals surface area contributed by atoms with Crippen LogP contribution < -0.4 is 11.1 Å². The molecule has 0 aromatic heterocycles. The highest BCUT2D eigenvalue weighted by molar-refractivity contribution is 14.0. The first-order valence-electron chi connectivity index (χ1n) is 7.72. The summed E-state index contributed by atoms with van der Waals surface area (Å²) in [7, 11) is 1.81. The zero-order valence-corrected chi connectivity index (χ0v) is 15.2. The van der Waals surface area contributed by atoms with Gasteiger partial charge in [-0.3, -0.25) is 4.99 Å². The molecule has 0 spiro atoms. The molecule has 0 heterocycles. The maximum absolute atomic E-state index is 5.94. The van der Waals surface area contributed by atoms with Crippen molar-refractivity contribution in [3.8, 4) is 0 Å². The molecule has 2 fully saturated rings. The second-order valence-corrected chi connectivity index (χ2v) is 6.45. The summed E-state index contributed by atoms with van der Waals surface area (Å²) >= 11 is 0. The lowest BCUT2D eigenvalue weighted by atomic mass is 9.79. The second-order valence-electron chi connectivity index (χ2n) is 6.45. The van der Waals surface area contributed by atoms with Crippen LogP contribution in [0.4, 0.5) is 0 Å². The molecule has 0 atom stereocenters. The lowest BCUT2D eigenvalue weighted by Gasteiger charge is -2.37. The van der Waals surface area contributed by atoms with Crippen LogP contribution in [-0.2, 0) is 4.74 Å². The molecule has 4 nitrogen and oxygen atoms in total. The van der Waals surface area contributed by atoms with Gasteiger partial charge in [-0.15, -0.1) is 24.0 Å². The molecule has 0 unspecified atom stereocenters. The van der Waals surface area contributed by atoms with Gasteiger partial charge in [0.2, 0.25) is 0 Å². The molecule has 2 rings (SSSR count). The number of rotatable bonds is 5. The lowest BCUT2D eigenvalue weighted by molar-refractivity contribution is -0.0394. The minimum atomic E-state index is -0.0741. The van der Waals surface area contributed by atoms with Crippen molar-refractivity contribution in [3.05, 3.63) is 0 Å². The van der Waals surface area contributed by atoms with Gasteiger partial charge in [0.15, 0.2) is 5.96 Å². The number of halogens is 1. The van der Waals surface area contributed by atoms with Gasteiger partial charge in [0, 0.05) is 13.7 Å². The molecule has 2 aliphatic rings. The summed E-state index contributed by atoms with van der Waals surface area (Å²) in [5.41, 5.74) is 5.87. The van der Waals surface area contributed by atoms with Crippen LogP contribution in [0.25, 0.3) is 0 Å². The molecule has 0 saturated heterocycles. The van der Waals surface area contributed by atoms with E-state index in [1.54, 1.807) is 0 Å². The van der Waals surface area contributed by atoms with Crippen molar-refractivity contribution in [1.29, 1.82) is 0 Å². The number of nitrogens with zero attached hydrogens (tertiary/aromatic N) is 1. The van der Waals surface area contributed by atoms with E-state index in [2.05, 4.69) is 17.2 Å². The Bertz CT molecular complexity index is 310. The van der Waals surface area contributed by atoms with E-state index in [4.69, 9.17) is 10.5 Å². The Kier molecular flexibility index (Phi) is 7.58. The van der Waals surface area contributed by atoms with E-state index >= 15 is 0 Å². The second kappa shape index (κ2) is 8.41. The summed E-state index contributed by atoms with van der Waals surface area (Å²) in [6, 6.07) is 0. The van der Waals surface area contributed by atoms with Crippen LogP contribution in [-0.4, -0.2) is 31.8 Å². The molecule has 0 aliphatic heterocycles. The predicted octanol–water partition coefficient (Wildman–Crippen LogP) is 2.90. The van der Waals surface area contributed by atoms with Crippen molar-refractivity contribution in [1.82, 2.24) is 5.32 Å². The molecule has 118 valence electrons. The number of ether oxygens (including phenoxy) is 1. The summed E-state index contributed by atoms with van der Waals surface area (Å²) in [4.78, 5) is 4.50. The van der Waals surface area contributed by atoms with Crippen molar-refractivity contribution >= 4 is 29.9 Å². The van der Waals surface area contributed by atoms with Gasteiger partial charge >= 0.3 is 0 Å². The number of aliphatic imine (C=N–C) groups is 1. The van der Waals surface area contributed by atoms with Crippen molar-refractivity contribution in [2.75, 3.05) is 20.2 Å². The van der Waals surface area contributed by atoms with E-state index < -0.39 is 0 Å². The topological polar surface area (TPSA) is 59.6 Å². The average Bonchev–Trinajstić information content (AvgIpc) is 2.37. The van der Waals surface area contributed by atoms with Crippen LogP contribution in [0.3, 0.4) is 0 Å².